The number of carbonyl (C=O) groups excluding carboxylic acids is 1. The van der Waals surface area contributed by atoms with Crippen molar-refractivity contribution >= 4 is 50.2 Å². The highest BCUT2D eigenvalue weighted by atomic mass is 35.5. The summed E-state index contributed by atoms with van der Waals surface area (Å²) in [5.74, 6) is -0.659. The largest absolute Gasteiger partial charge is 0.337 e. The molecule has 0 aliphatic carbocycles. The second kappa shape index (κ2) is 8.72. The van der Waals surface area contributed by atoms with Crippen molar-refractivity contribution < 1.29 is 17.6 Å². The number of rotatable bonds is 5. The lowest BCUT2D eigenvalue weighted by atomic mass is 10.1. The van der Waals surface area contributed by atoms with E-state index in [-0.39, 0.29) is 16.8 Å². The van der Waals surface area contributed by atoms with Crippen molar-refractivity contribution in [3.8, 4) is 9.88 Å². The van der Waals surface area contributed by atoms with E-state index in [0.29, 0.717) is 36.0 Å². The number of thiophene rings is 1. The van der Waals surface area contributed by atoms with E-state index in [4.69, 9.17) is 11.6 Å². The number of hydrogen-bond acceptors (Lipinski definition) is 6. The van der Waals surface area contributed by atoms with Crippen molar-refractivity contribution in [2.24, 2.45) is 0 Å². The summed E-state index contributed by atoms with van der Waals surface area (Å²) in [6, 6.07) is 8.07. The molecular weight excluding hydrogens is 469 g/mol. The topological polar surface area (TPSA) is 79.4 Å². The molecule has 4 rings (SSSR count). The molecule has 6 nitrogen and oxygen atoms in total. The molecule has 0 saturated carbocycles. The van der Waals surface area contributed by atoms with Gasteiger partial charge in [-0.3, -0.25) is 4.79 Å². The molecule has 11 heteroatoms. The van der Waals surface area contributed by atoms with E-state index >= 15 is 0 Å². The van der Waals surface area contributed by atoms with Gasteiger partial charge in [-0.2, -0.15) is 0 Å². The number of carbonyl (C=O) groups is 1. The number of thiazole rings is 1. The van der Waals surface area contributed by atoms with E-state index in [2.05, 4.69) is 9.71 Å². The van der Waals surface area contributed by atoms with E-state index in [9.17, 15) is 17.6 Å². The van der Waals surface area contributed by atoms with Crippen LogP contribution in [0, 0.1) is 5.82 Å². The minimum absolute atomic E-state index is 0.0195. The maximum absolute atomic E-state index is 13.0. The summed E-state index contributed by atoms with van der Waals surface area (Å²) in [6.07, 6.45) is 0.980. The van der Waals surface area contributed by atoms with Gasteiger partial charge < -0.3 is 4.90 Å². The third-order valence-electron chi connectivity index (χ3n) is 4.74. The van der Waals surface area contributed by atoms with E-state index in [1.165, 1.54) is 34.8 Å². The predicted octanol–water partition coefficient (Wildman–Crippen LogP) is 4.25. The maximum Gasteiger partial charge on any atom is 0.273 e. The van der Waals surface area contributed by atoms with Gasteiger partial charge in [-0.25, -0.2) is 22.5 Å². The number of likely N-dealkylation sites (tertiary alicyclic amines) is 1. The minimum Gasteiger partial charge on any atom is -0.337 e. The van der Waals surface area contributed by atoms with Crippen LogP contribution in [0.5, 0.6) is 0 Å². The van der Waals surface area contributed by atoms with Gasteiger partial charge in [0, 0.05) is 24.5 Å². The Morgan fingerprint density at radius 3 is 2.50 bits per heavy atom. The quantitative estimate of drug-likeness (QED) is 0.586. The standard InChI is InChI=1S/C19H17ClFN3O3S3/c20-17-6-5-16(29-17)18-22-15(11-28-18)19(25)24-9-7-13(8-10-24)23-30(26,27)14-3-1-12(21)2-4-14/h1-6,11,13,23H,7-10H2. The van der Waals surface area contributed by atoms with Gasteiger partial charge in [0.15, 0.2) is 0 Å². The van der Waals surface area contributed by atoms with Crippen LogP contribution in [0.1, 0.15) is 23.3 Å². The number of sulfonamides is 1. The van der Waals surface area contributed by atoms with Crippen molar-refractivity contribution in [3.63, 3.8) is 0 Å². The zero-order valence-corrected chi connectivity index (χ0v) is 18.8. The number of amides is 1. The summed E-state index contributed by atoms with van der Waals surface area (Å²) in [5, 5.41) is 2.48. The van der Waals surface area contributed by atoms with Crippen LogP contribution in [0.2, 0.25) is 4.34 Å². The lowest BCUT2D eigenvalue weighted by molar-refractivity contribution is 0.0706. The summed E-state index contributed by atoms with van der Waals surface area (Å²) in [4.78, 5) is 19.8. The van der Waals surface area contributed by atoms with E-state index in [1.54, 1.807) is 16.3 Å². The van der Waals surface area contributed by atoms with E-state index in [1.807, 2.05) is 6.07 Å². The van der Waals surface area contributed by atoms with Gasteiger partial charge in [0.2, 0.25) is 10.0 Å². The Bertz CT molecular complexity index is 1150. The van der Waals surface area contributed by atoms with Gasteiger partial charge in [-0.05, 0) is 49.2 Å². The van der Waals surface area contributed by atoms with Crippen LogP contribution in [0.15, 0.2) is 46.7 Å². The second-order valence-electron chi connectivity index (χ2n) is 6.78. The second-order valence-corrected chi connectivity index (χ2v) is 11.1. The van der Waals surface area contributed by atoms with Crippen LogP contribution in [0.3, 0.4) is 0 Å². The van der Waals surface area contributed by atoms with Crippen LogP contribution in [0.4, 0.5) is 4.39 Å². The highest BCUT2D eigenvalue weighted by molar-refractivity contribution is 7.89. The van der Waals surface area contributed by atoms with Crippen molar-refractivity contribution in [1.82, 2.24) is 14.6 Å². The first-order valence-corrected chi connectivity index (χ1v) is 12.7. The van der Waals surface area contributed by atoms with Crippen molar-refractivity contribution in [2.75, 3.05) is 13.1 Å². The van der Waals surface area contributed by atoms with Crippen LogP contribution in [0.25, 0.3) is 9.88 Å². The molecule has 0 unspecified atom stereocenters. The average molecular weight is 486 g/mol. The molecule has 0 atom stereocenters. The Hall–Kier alpha value is -1.85. The van der Waals surface area contributed by atoms with Gasteiger partial charge in [0.25, 0.3) is 5.91 Å². The number of halogens is 2. The fourth-order valence-corrected chi connectivity index (χ4v) is 6.39. The monoisotopic (exact) mass is 485 g/mol. The normalized spacial score (nSPS) is 15.5. The predicted molar refractivity (Wildman–Crippen MR) is 116 cm³/mol. The summed E-state index contributed by atoms with van der Waals surface area (Å²) in [6.45, 7) is 0.847. The zero-order chi connectivity index (χ0) is 21.3. The number of piperidine rings is 1. The SMILES string of the molecule is O=C(c1csc(-c2ccc(Cl)s2)n1)N1CCC(NS(=O)(=O)c2ccc(F)cc2)CC1. The highest BCUT2D eigenvalue weighted by Crippen LogP contribution is 2.33. The third-order valence-corrected chi connectivity index (χ3v) is 8.51. The molecule has 2 aromatic heterocycles. The highest BCUT2D eigenvalue weighted by Gasteiger charge is 2.28. The van der Waals surface area contributed by atoms with Crippen LogP contribution in [-0.2, 0) is 10.0 Å². The Morgan fingerprint density at radius 2 is 1.87 bits per heavy atom. The molecule has 1 N–H and O–H groups in total. The number of benzene rings is 1. The molecule has 1 saturated heterocycles. The molecule has 1 amide bonds. The van der Waals surface area contributed by atoms with Gasteiger partial charge in [0.05, 0.1) is 14.1 Å². The minimum atomic E-state index is -3.73. The first kappa shape index (κ1) is 21.4. The van der Waals surface area contributed by atoms with E-state index < -0.39 is 15.8 Å². The van der Waals surface area contributed by atoms with Crippen LogP contribution < -0.4 is 4.72 Å². The van der Waals surface area contributed by atoms with E-state index in [0.717, 1.165) is 22.0 Å². The van der Waals surface area contributed by atoms with Crippen molar-refractivity contribution in [3.05, 3.63) is 57.6 Å². The molecule has 1 aromatic carbocycles. The van der Waals surface area contributed by atoms with Crippen LogP contribution in [-0.4, -0.2) is 43.3 Å². The average Bonchev–Trinajstić information content (AvgIpc) is 3.37. The number of nitrogens with one attached hydrogen (secondary N) is 1. The first-order chi connectivity index (χ1) is 14.3. The fraction of sp³-hybridized carbons (Fsp3) is 0.263. The smallest absolute Gasteiger partial charge is 0.273 e. The summed E-state index contributed by atoms with van der Waals surface area (Å²) in [7, 11) is -3.73. The lowest BCUT2D eigenvalue weighted by Crippen LogP contribution is -2.46. The van der Waals surface area contributed by atoms with Gasteiger partial charge in [-0.1, -0.05) is 11.6 Å². The first-order valence-electron chi connectivity index (χ1n) is 9.10. The number of nitrogens with zero attached hydrogens (tertiary/aromatic N) is 2. The van der Waals surface area contributed by atoms with Gasteiger partial charge in [-0.15, -0.1) is 22.7 Å². The molecule has 1 aliphatic rings. The summed E-state index contributed by atoms with van der Waals surface area (Å²) in [5.41, 5.74) is 0.380. The molecule has 3 aromatic rings. The Balaban J connectivity index is 1.36. The summed E-state index contributed by atoms with van der Waals surface area (Å²) < 4.78 is 41.3. The molecule has 0 radical (unpaired) electrons. The molecule has 0 bridgehead atoms. The van der Waals surface area contributed by atoms with Crippen molar-refractivity contribution in [2.45, 2.75) is 23.8 Å². The Morgan fingerprint density at radius 1 is 1.17 bits per heavy atom. The van der Waals surface area contributed by atoms with Gasteiger partial charge in [0.1, 0.15) is 16.5 Å². The Labute approximate surface area is 186 Å². The number of aromatic nitrogens is 1. The van der Waals surface area contributed by atoms with Gasteiger partial charge >= 0.3 is 0 Å². The summed E-state index contributed by atoms with van der Waals surface area (Å²) >= 11 is 8.76. The van der Waals surface area contributed by atoms with Crippen molar-refractivity contribution in [1.29, 1.82) is 0 Å². The molecule has 1 fully saturated rings. The molecule has 0 spiro atoms. The third kappa shape index (κ3) is 4.73. The Kier molecular flexibility index (Phi) is 6.21. The fourth-order valence-electron chi connectivity index (χ4n) is 3.18. The number of hydrogen-bond donors (Lipinski definition) is 1. The zero-order valence-electron chi connectivity index (χ0n) is 15.5. The molecular formula is C19H17ClFN3O3S3. The van der Waals surface area contributed by atoms with Crippen LogP contribution >= 0.6 is 34.3 Å². The lowest BCUT2D eigenvalue weighted by Gasteiger charge is -2.31. The molecule has 3 heterocycles. The molecule has 1 aliphatic heterocycles. The maximum atomic E-state index is 13.0. The molecule has 158 valence electrons. The molecule has 30 heavy (non-hydrogen) atoms.